The number of H-pyrrole nitrogens is 1. The van der Waals surface area contributed by atoms with Crippen molar-refractivity contribution < 1.29 is 14.3 Å². The van der Waals surface area contributed by atoms with Crippen LogP contribution in [0.15, 0.2) is 24.3 Å². The third-order valence-corrected chi connectivity index (χ3v) is 3.93. The van der Waals surface area contributed by atoms with Crippen molar-refractivity contribution in [3.63, 3.8) is 0 Å². The Balaban J connectivity index is 1.83. The van der Waals surface area contributed by atoms with Gasteiger partial charge in [0, 0.05) is 5.56 Å². The summed E-state index contributed by atoms with van der Waals surface area (Å²) in [4.78, 5) is 27.0. The van der Waals surface area contributed by atoms with Crippen molar-refractivity contribution >= 4 is 24.0 Å². The zero-order valence-electron chi connectivity index (χ0n) is 14.9. The van der Waals surface area contributed by atoms with Gasteiger partial charge in [0.25, 0.3) is 0 Å². The highest BCUT2D eigenvalue weighted by molar-refractivity contribution is 5.86. The van der Waals surface area contributed by atoms with Gasteiger partial charge in [-0.1, -0.05) is 17.7 Å². The largest absolute Gasteiger partial charge is 0.444 e. The van der Waals surface area contributed by atoms with Crippen LogP contribution in [-0.4, -0.2) is 33.2 Å². The number of ether oxygens (including phenoxy) is 1. The predicted molar refractivity (Wildman–Crippen MR) is 93.5 cm³/mol. The molecule has 1 N–H and O–H groups in total. The summed E-state index contributed by atoms with van der Waals surface area (Å²) in [7, 11) is 0. The molecule has 0 fully saturated rings. The number of rotatable bonds is 3. The molecule has 0 aliphatic carbocycles. The third kappa shape index (κ3) is 3.50. The van der Waals surface area contributed by atoms with Crippen molar-refractivity contribution in [1.29, 1.82) is 0 Å². The Kier molecular flexibility index (Phi) is 4.24. The molecule has 1 aromatic heterocycles. The lowest BCUT2D eigenvalue weighted by Crippen LogP contribution is -2.33. The van der Waals surface area contributed by atoms with Gasteiger partial charge in [0.1, 0.15) is 5.60 Å². The van der Waals surface area contributed by atoms with E-state index in [1.807, 2.05) is 52.0 Å². The first-order valence-corrected chi connectivity index (χ1v) is 8.14. The number of carbonyl (C=O) groups is 2. The topological polar surface area (TPSA) is 78.5 Å². The fraction of sp³-hybridized carbons (Fsp3) is 0.389. The maximum absolute atomic E-state index is 12.3. The zero-order chi connectivity index (χ0) is 18.2. The van der Waals surface area contributed by atoms with E-state index in [4.69, 9.17) is 4.74 Å². The van der Waals surface area contributed by atoms with Crippen molar-refractivity contribution in [1.82, 2.24) is 15.1 Å². The van der Waals surface area contributed by atoms with Crippen LogP contribution in [0.1, 0.15) is 37.6 Å². The Morgan fingerprint density at radius 3 is 2.56 bits per heavy atom. The molecule has 1 aliphatic rings. The van der Waals surface area contributed by atoms with E-state index in [1.165, 1.54) is 4.90 Å². The van der Waals surface area contributed by atoms with E-state index in [1.54, 1.807) is 4.90 Å². The highest BCUT2D eigenvalue weighted by Crippen LogP contribution is 2.33. The van der Waals surface area contributed by atoms with E-state index in [2.05, 4.69) is 10.2 Å². The van der Waals surface area contributed by atoms with Gasteiger partial charge in [-0.15, -0.1) is 0 Å². The average molecular weight is 342 g/mol. The lowest BCUT2D eigenvalue weighted by atomic mass is 10.2. The van der Waals surface area contributed by atoms with Gasteiger partial charge in [0.2, 0.25) is 6.41 Å². The standard InChI is InChI=1S/C18H22N4O3/c1-12-5-7-13(8-6-12)22(11-23)16-14-9-21(10-15(14)19-20-16)17(24)25-18(2,3)4/h5-8,11H,9-10H2,1-4H3,(H,19,20). The van der Waals surface area contributed by atoms with Gasteiger partial charge >= 0.3 is 6.09 Å². The Labute approximate surface area is 146 Å². The zero-order valence-corrected chi connectivity index (χ0v) is 14.9. The van der Waals surface area contributed by atoms with Crippen LogP contribution in [0.25, 0.3) is 0 Å². The number of aromatic nitrogens is 2. The van der Waals surface area contributed by atoms with Crippen molar-refractivity contribution in [3.8, 4) is 0 Å². The molecular formula is C18H22N4O3. The summed E-state index contributed by atoms with van der Waals surface area (Å²) >= 11 is 0. The Hall–Kier alpha value is -2.83. The van der Waals surface area contributed by atoms with Crippen LogP contribution in [0.2, 0.25) is 0 Å². The molecule has 1 aromatic carbocycles. The van der Waals surface area contributed by atoms with Crippen LogP contribution < -0.4 is 4.90 Å². The second-order valence-corrected chi connectivity index (χ2v) is 7.15. The SMILES string of the molecule is Cc1ccc(N(C=O)c2n[nH]c3c2CN(C(=O)OC(C)(C)C)C3)cc1. The first kappa shape index (κ1) is 17.0. The normalized spacial score (nSPS) is 13.5. The summed E-state index contributed by atoms with van der Waals surface area (Å²) in [5.74, 6) is 0.514. The minimum absolute atomic E-state index is 0.353. The minimum atomic E-state index is -0.550. The molecule has 1 aliphatic heterocycles. The number of nitrogens with one attached hydrogen (secondary N) is 1. The van der Waals surface area contributed by atoms with Gasteiger partial charge in [-0.05, 0) is 39.8 Å². The highest BCUT2D eigenvalue weighted by Gasteiger charge is 2.32. The number of hydrogen-bond acceptors (Lipinski definition) is 4. The molecule has 0 unspecified atom stereocenters. The Morgan fingerprint density at radius 2 is 1.96 bits per heavy atom. The molecule has 3 rings (SSSR count). The summed E-state index contributed by atoms with van der Waals surface area (Å²) < 4.78 is 5.42. The number of aryl methyl sites for hydroxylation is 1. The van der Waals surface area contributed by atoms with Gasteiger partial charge in [-0.25, -0.2) is 4.79 Å². The monoisotopic (exact) mass is 342 g/mol. The molecule has 0 saturated heterocycles. The fourth-order valence-corrected chi connectivity index (χ4v) is 2.72. The van der Waals surface area contributed by atoms with Crippen molar-refractivity contribution in [2.45, 2.75) is 46.4 Å². The van der Waals surface area contributed by atoms with Crippen molar-refractivity contribution in [2.75, 3.05) is 4.90 Å². The van der Waals surface area contributed by atoms with Crippen LogP contribution in [0.5, 0.6) is 0 Å². The number of hydrogen-bond donors (Lipinski definition) is 1. The molecule has 0 saturated carbocycles. The maximum Gasteiger partial charge on any atom is 0.410 e. The van der Waals surface area contributed by atoms with Crippen LogP contribution in [0.4, 0.5) is 16.3 Å². The first-order valence-electron chi connectivity index (χ1n) is 8.14. The van der Waals surface area contributed by atoms with E-state index in [-0.39, 0.29) is 6.09 Å². The van der Waals surface area contributed by atoms with Crippen LogP contribution >= 0.6 is 0 Å². The quantitative estimate of drug-likeness (QED) is 0.869. The Bertz CT molecular complexity index is 790. The fourth-order valence-electron chi connectivity index (χ4n) is 2.72. The molecule has 0 atom stereocenters. The molecule has 0 spiro atoms. The molecule has 0 radical (unpaired) electrons. The Morgan fingerprint density at radius 1 is 1.28 bits per heavy atom. The summed E-state index contributed by atoms with van der Waals surface area (Å²) in [6.07, 6.45) is 0.355. The molecular weight excluding hydrogens is 320 g/mol. The number of carbonyl (C=O) groups excluding carboxylic acids is 2. The van der Waals surface area contributed by atoms with Gasteiger partial charge in [0.05, 0.1) is 24.5 Å². The van der Waals surface area contributed by atoms with Gasteiger partial charge in [0.15, 0.2) is 5.82 Å². The highest BCUT2D eigenvalue weighted by atomic mass is 16.6. The van der Waals surface area contributed by atoms with E-state index >= 15 is 0 Å². The number of anilines is 2. The molecule has 7 nitrogen and oxygen atoms in total. The van der Waals surface area contributed by atoms with Crippen LogP contribution in [-0.2, 0) is 22.6 Å². The average Bonchev–Trinajstić information content (AvgIpc) is 3.10. The number of fused-ring (bicyclic) bond motifs is 1. The lowest BCUT2D eigenvalue weighted by Gasteiger charge is -2.24. The van der Waals surface area contributed by atoms with Crippen molar-refractivity contribution in [2.24, 2.45) is 0 Å². The number of aromatic amines is 1. The van der Waals surface area contributed by atoms with E-state index in [9.17, 15) is 9.59 Å². The molecule has 25 heavy (non-hydrogen) atoms. The summed E-state index contributed by atoms with van der Waals surface area (Å²) in [6.45, 7) is 8.22. The van der Waals surface area contributed by atoms with Gasteiger partial charge in [-0.3, -0.25) is 19.7 Å². The lowest BCUT2D eigenvalue weighted by molar-refractivity contribution is -0.106. The second-order valence-electron chi connectivity index (χ2n) is 7.15. The summed E-state index contributed by atoms with van der Waals surface area (Å²) in [6, 6.07) is 7.61. The second kappa shape index (κ2) is 6.23. The summed E-state index contributed by atoms with van der Waals surface area (Å²) in [5, 5.41) is 7.20. The number of nitrogens with zero attached hydrogens (tertiary/aromatic N) is 3. The van der Waals surface area contributed by atoms with Gasteiger partial charge in [-0.2, -0.15) is 5.10 Å². The predicted octanol–water partition coefficient (Wildman–Crippen LogP) is 3.26. The van der Waals surface area contributed by atoms with E-state index in [0.717, 1.165) is 28.9 Å². The number of benzene rings is 1. The maximum atomic E-state index is 12.3. The van der Waals surface area contributed by atoms with Crippen LogP contribution in [0, 0.1) is 6.92 Å². The summed E-state index contributed by atoms with van der Waals surface area (Å²) in [5.41, 5.74) is 2.94. The van der Waals surface area contributed by atoms with E-state index in [0.29, 0.717) is 18.9 Å². The molecule has 0 bridgehead atoms. The van der Waals surface area contributed by atoms with Gasteiger partial charge < -0.3 is 4.74 Å². The molecule has 2 amide bonds. The molecule has 7 heteroatoms. The molecule has 2 heterocycles. The molecule has 132 valence electrons. The number of amides is 2. The third-order valence-electron chi connectivity index (χ3n) is 3.93. The first-order chi connectivity index (χ1) is 11.8. The minimum Gasteiger partial charge on any atom is -0.444 e. The molecule has 2 aromatic rings. The van der Waals surface area contributed by atoms with E-state index < -0.39 is 5.60 Å². The van der Waals surface area contributed by atoms with Crippen LogP contribution in [0.3, 0.4) is 0 Å². The smallest absolute Gasteiger partial charge is 0.410 e. The van der Waals surface area contributed by atoms with Crippen molar-refractivity contribution in [3.05, 3.63) is 41.1 Å².